The van der Waals surface area contributed by atoms with E-state index in [0.29, 0.717) is 6.04 Å². The quantitative estimate of drug-likeness (QED) is 0.836. The molecule has 1 N–H and O–H groups in total. The second-order valence-corrected chi connectivity index (χ2v) is 5.33. The molecule has 19 heavy (non-hydrogen) atoms. The molecule has 1 aliphatic heterocycles. The van der Waals surface area contributed by atoms with Crippen LogP contribution in [0.4, 0.5) is 0 Å². The summed E-state index contributed by atoms with van der Waals surface area (Å²) < 4.78 is 0. The first-order valence-electron chi connectivity index (χ1n) is 7.10. The lowest BCUT2D eigenvalue weighted by Crippen LogP contribution is -2.45. The summed E-state index contributed by atoms with van der Waals surface area (Å²) in [6.07, 6.45) is 2.47. The van der Waals surface area contributed by atoms with Crippen molar-refractivity contribution in [1.82, 2.24) is 10.1 Å². The maximum atomic E-state index is 3.37. The van der Waals surface area contributed by atoms with Crippen LogP contribution in [-0.4, -0.2) is 38.4 Å². The van der Waals surface area contributed by atoms with Gasteiger partial charge in [0, 0.05) is 6.04 Å². The van der Waals surface area contributed by atoms with Crippen molar-refractivity contribution in [3.8, 4) is 0 Å². The van der Waals surface area contributed by atoms with Gasteiger partial charge in [0.1, 0.15) is 0 Å². The summed E-state index contributed by atoms with van der Waals surface area (Å²) >= 11 is 0. The van der Waals surface area contributed by atoms with E-state index in [9.17, 15) is 0 Å². The SMILES string of the molecule is CNC1CCN([B]c2ccc3ccccc3c2)CC1. The number of fused-ring (bicyclic) bond motifs is 1. The fraction of sp³-hybridized carbons (Fsp3) is 0.375. The zero-order chi connectivity index (χ0) is 13.1. The molecule has 3 rings (SSSR count). The second-order valence-electron chi connectivity index (χ2n) is 5.33. The first kappa shape index (κ1) is 12.7. The van der Waals surface area contributed by atoms with Gasteiger partial charge in [0.15, 0.2) is 0 Å². The van der Waals surface area contributed by atoms with E-state index >= 15 is 0 Å². The van der Waals surface area contributed by atoms with Crippen LogP contribution in [0, 0.1) is 0 Å². The molecule has 0 bridgehead atoms. The lowest BCUT2D eigenvalue weighted by molar-refractivity contribution is 0.307. The Balaban J connectivity index is 1.68. The number of benzene rings is 2. The van der Waals surface area contributed by atoms with Crippen molar-refractivity contribution in [3.05, 3.63) is 42.5 Å². The summed E-state index contributed by atoms with van der Waals surface area (Å²) in [6.45, 7) is 2.30. The topological polar surface area (TPSA) is 15.3 Å². The average Bonchev–Trinajstić information content (AvgIpc) is 2.48. The van der Waals surface area contributed by atoms with Crippen molar-refractivity contribution >= 4 is 23.6 Å². The Hall–Kier alpha value is -1.32. The summed E-state index contributed by atoms with van der Waals surface area (Å²) in [5, 5.41) is 6.01. The van der Waals surface area contributed by atoms with Crippen molar-refractivity contribution in [2.75, 3.05) is 20.1 Å². The summed E-state index contributed by atoms with van der Waals surface area (Å²) in [4.78, 5) is 2.44. The van der Waals surface area contributed by atoms with Gasteiger partial charge in [-0.1, -0.05) is 47.9 Å². The predicted molar refractivity (Wildman–Crippen MR) is 83.0 cm³/mol. The minimum atomic E-state index is 0.696. The van der Waals surface area contributed by atoms with E-state index in [1.54, 1.807) is 0 Å². The minimum absolute atomic E-state index is 0.696. The van der Waals surface area contributed by atoms with Crippen LogP contribution in [0.5, 0.6) is 0 Å². The van der Waals surface area contributed by atoms with Gasteiger partial charge in [-0.2, -0.15) is 0 Å². The van der Waals surface area contributed by atoms with E-state index in [2.05, 4.69) is 67.1 Å². The molecule has 1 aliphatic rings. The van der Waals surface area contributed by atoms with Crippen molar-refractivity contribution in [2.24, 2.45) is 0 Å². The van der Waals surface area contributed by atoms with Crippen LogP contribution in [0.1, 0.15) is 12.8 Å². The number of hydrogen-bond donors (Lipinski definition) is 1. The third-order valence-corrected chi connectivity index (χ3v) is 4.04. The van der Waals surface area contributed by atoms with E-state index in [1.807, 2.05) is 0 Å². The van der Waals surface area contributed by atoms with Crippen LogP contribution in [-0.2, 0) is 0 Å². The van der Waals surface area contributed by atoms with Gasteiger partial charge < -0.3 is 10.1 Å². The molecule has 1 saturated heterocycles. The second kappa shape index (κ2) is 5.76. The molecule has 2 aromatic rings. The first-order chi connectivity index (χ1) is 9.35. The molecule has 0 aliphatic carbocycles. The Morgan fingerprint density at radius 1 is 1.05 bits per heavy atom. The molecular weight excluding hydrogens is 231 g/mol. The van der Waals surface area contributed by atoms with Gasteiger partial charge in [-0.05, 0) is 43.8 Å². The molecule has 0 aromatic heterocycles. The summed E-state index contributed by atoms with van der Waals surface area (Å²) in [6, 6.07) is 15.9. The Kier molecular flexibility index (Phi) is 3.85. The molecule has 0 amide bonds. The fourth-order valence-corrected chi connectivity index (χ4v) is 2.82. The molecule has 97 valence electrons. The third kappa shape index (κ3) is 2.99. The van der Waals surface area contributed by atoms with Crippen LogP contribution in [0.15, 0.2) is 42.5 Å². The summed E-state index contributed by atoms with van der Waals surface area (Å²) in [7, 11) is 4.37. The fourth-order valence-electron chi connectivity index (χ4n) is 2.82. The zero-order valence-electron chi connectivity index (χ0n) is 11.5. The van der Waals surface area contributed by atoms with Crippen molar-refractivity contribution < 1.29 is 0 Å². The molecule has 0 saturated carbocycles. The lowest BCUT2D eigenvalue weighted by atomic mass is 9.78. The highest BCUT2D eigenvalue weighted by Crippen LogP contribution is 2.12. The van der Waals surface area contributed by atoms with Crippen LogP contribution in [0.2, 0.25) is 0 Å². The van der Waals surface area contributed by atoms with Crippen molar-refractivity contribution in [1.29, 1.82) is 0 Å². The molecule has 3 heteroatoms. The third-order valence-electron chi connectivity index (χ3n) is 4.04. The molecular formula is C16H20BN2. The Bertz CT molecular complexity index is 547. The van der Waals surface area contributed by atoms with Crippen LogP contribution >= 0.6 is 0 Å². The monoisotopic (exact) mass is 251 g/mol. The van der Waals surface area contributed by atoms with E-state index in [4.69, 9.17) is 0 Å². The summed E-state index contributed by atoms with van der Waals surface area (Å²) in [5.74, 6) is 0. The van der Waals surface area contributed by atoms with Crippen LogP contribution in [0.25, 0.3) is 10.8 Å². The molecule has 0 spiro atoms. The van der Waals surface area contributed by atoms with Gasteiger partial charge in [0.25, 0.3) is 0 Å². The zero-order valence-corrected chi connectivity index (χ0v) is 11.5. The molecule has 0 unspecified atom stereocenters. The number of rotatable bonds is 3. The number of nitrogens with one attached hydrogen (secondary N) is 1. The largest absolute Gasteiger partial charge is 0.342 e. The van der Waals surface area contributed by atoms with E-state index in [-0.39, 0.29) is 0 Å². The highest BCUT2D eigenvalue weighted by atomic mass is 15.1. The highest BCUT2D eigenvalue weighted by Gasteiger charge is 2.18. The van der Waals surface area contributed by atoms with Gasteiger partial charge in [0.2, 0.25) is 7.41 Å². The van der Waals surface area contributed by atoms with Crippen LogP contribution in [0.3, 0.4) is 0 Å². The molecule has 1 radical (unpaired) electrons. The minimum Gasteiger partial charge on any atom is -0.342 e. The first-order valence-corrected chi connectivity index (χ1v) is 7.10. The number of hydrogen-bond acceptors (Lipinski definition) is 2. The number of piperidine rings is 1. The van der Waals surface area contributed by atoms with E-state index in [1.165, 1.54) is 29.1 Å². The normalized spacial score (nSPS) is 17.7. The average molecular weight is 251 g/mol. The highest BCUT2D eigenvalue weighted by molar-refractivity contribution is 6.51. The van der Waals surface area contributed by atoms with Gasteiger partial charge in [-0.15, -0.1) is 0 Å². The number of nitrogens with zero attached hydrogens (tertiary/aromatic N) is 1. The smallest absolute Gasteiger partial charge is 0.247 e. The summed E-state index contributed by atoms with van der Waals surface area (Å²) in [5.41, 5.74) is 1.31. The van der Waals surface area contributed by atoms with Gasteiger partial charge in [-0.3, -0.25) is 0 Å². The molecule has 2 aromatic carbocycles. The lowest BCUT2D eigenvalue weighted by Gasteiger charge is -2.31. The van der Waals surface area contributed by atoms with Gasteiger partial charge >= 0.3 is 0 Å². The molecule has 1 fully saturated rings. The Labute approximate surface area is 116 Å². The maximum Gasteiger partial charge on any atom is 0.247 e. The predicted octanol–water partition coefficient (Wildman–Crippen LogP) is 1.77. The van der Waals surface area contributed by atoms with Gasteiger partial charge in [-0.25, -0.2) is 0 Å². The van der Waals surface area contributed by atoms with Crippen LogP contribution < -0.4 is 10.8 Å². The van der Waals surface area contributed by atoms with Gasteiger partial charge in [0.05, 0.1) is 0 Å². The van der Waals surface area contributed by atoms with Crippen molar-refractivity contribution in [3.63, 3.8) is 0 Å². The van der Waals surface area contributed by atoms with E-state index < -0.39 is 0 Å². The Morgan fingerprint density at radius 3 is 2.53 bits per heavy atom. The molecule has 0 atom stereocenters. The van der Waals surface area contributed by atoms with Crippen molar-refractivity contribution in [2.45, 2.75) is 18.9 Å². The molecule has 2 nitrogen and oxygen atoms in total. The van der Waals surface area contributed by atoms with E-state index in [0.717, 1.165) is 13.1 Å². The standard InChI is InChI=1S/C16H20BN2/c1-18-16-8-10-19(11-9-16)17-15-7-6-13-4-2-3-5-14(13)12-15/h2-7,12,16,18H,8-11H2,1H3. The maximum absolute atomic E-state index is 3.37. The Morgan fingerprint density at radius 2 is 1.79 bits per heavy atom. The molecule has 1 heterocycles.